The van der Waals surface area contributed by atoms with Gasteiger partial charge in [-0.05, 0) is 24.5 Å². The molecule has 1 atom stereocenters. The van der Waals surface area contributed by atoms with Gasteiger partial charge in [0, 0.05) is 18.7 Å². The van der Waals surface area contributed by atoms with E-state index >= 15 is 0 Å². The topological polar surface area (TPSA) is 15.6 Å². The molecule has 0 aliphatic carbocycles. The molecule has 0 saturated heterocycles. The number of hydrogen-bond acceptors (Lipinski definition) is 2. The van der Waals surface area contributed by atoms with Gasteiger partial charge in [-0.3, -0.25) is 5.01 Å². The first kappa shape index (κ1) is 12.9. The van der Waals surface area contributed by atoms with Crippen molar-refractivity contribution in [2.24, 2.45) is 16.9 Å². The Morgan fingerprint density at radius 3 is 2.81 bits per heavy atom. The van der Waals surface area contributed by atoms with Gasteiger partial charge in [0.2, 0.25) is 0 Å². The summed E-state index contributed by atoms with van der Waals surface area (Å²) in [5.41, 5.74) is 1.06. The second-order valence-electron chi connectivity index (χ2n) is 4.49. The molecule has 0 bridgehead atoms. The lowest BCUT2D eigenvalue weighted by Gasteiger charge is -2.20. The summed E-state index contributed by atoms with van der Waals surface area (Å²) >= 11 is 0. The fourth-order valence-electron chi connectivity index (χ4n) is 1.83. The maximum atomic E-state index is 13.5. The van der Waals surface area contributed by atoms with Crippen molar-refractivity contribution in [2.75, 3.05) is 13.6 Å². The highest BCUT2D eigenvalue weighted by Gasteiger charge is 2.17. The van der Waals surface area contributed by atoms with Crippen molar-refractivity contribution in [3.63, 3.8) is 0 Å². The first-order valence-corrected chi connectivity index (χ1v) is 5.88. The molecule has 0 N–H and O–H groups in total. The summed E-state index contributed by atoms with van der Waals surface area (Å²) in [6.45, 7) is 6.92. The largest absolute Gasteiger partial charge is 0.296 e. The van der Waals surface area contributed by atoms with Crippen molar-refractivity contribution in [3.05, 3.63) is 24.1 Å². The third-order valence-corrected chi connectivity index (χ3v) is 2.70. The number of likely N-dealkylation sites (N-methyl/N-ethyl adjacent to an activating group) is 1. The Bertz CT molecular complexity index is 316. The van der Waals surface area contributed by atoms with Gasteiger partial charge in [-0.25, -0.2) is 4.39 Å². The van der Waals surface area contributed by atoms with Crippen LogP contribution in [0, 0.1) is 11.8 Å². The maximum absolute atomic E-state index is 13.5. The summed E-state index contributed by atoms with van der Waals surface area (Å²) in [6.07, 6.45) is 5.88. The van der Waals surface area contributed by atoms with Crippen LogP contribution in [0.25, 0.3) is 0 Å². The van der Waals surface area contributed by atoms with Crippen LogP contribution in [0.3, 0.4) is 0 Å². The molecule has 0 fully saturated rings. The van der Waals surface area contributed by atoms with Gasteiger partial charge in [0.25, 0.3) is 0 Å². The van der Waals surface area contributed by atoms with Crippen molar-refractivity contribution >= 4 is 5.71 Å². The van der Waals surface area contributed by atoms with Crippen LogP contribution in [0.5, 0.6) is 0 Å². The van der Waals surface area contributed by atoms with Crippen LogP contribution < -0.4 is 0 Å². The molecular weight excluding hydrogens is 203 g/mol. The van der Waals surface area contributed by atoms with E-state index in [2.05, 4.69) is 25.9 Å². The van der Waals surface area contributed by atoms with Crippen LogP contribution in [0.2, 0.25) is 0 Å². The Morgan fingerprint density at radius 2 is 2.25 bits per heavy atom. The summed E-state index contributed by atoms with van der Waals surface area (Å²) in [7, 11) is 1.92. The van der Waals surface area contributed by atoms with Gasteiger partial charge in [-0.15, -0.1) is 0 Å². The monoisotopic (exact) mass is 224 g/mol. The van der Waals surface area contributed by atoms with Gasteiger partial charge >= 0.3 is 0 Å². The van der Waals surface area contributed by atoms with E-state index in [0.717, 1.165) is 12.1 Å². The normalized spacial score (nSPS) is 27.6. The van der Waals surface area contributed by atoms with Crippen molar-refractivity contribution in [2.45, 2.75) is 27.2 Å². The summed E-state index contributed by atoms with van der Waals surface area (Å²) in [5.74, 6) is 0.287. The Kier molecular flexibility index (Phi) is 4.71. The highest BCUT2D eigenvalue weighted by atomic mass is 19.1. The second-order valence-corrected chi connectivity index (χ2v) is 4.49. The van der Waals surface area contributed by atoms with Crippen LogP contribution in [-0.2, 0) is 0 Å². The summed E-state index contributed by atoms with van der Waals surface area (Å²) in [4.78, 5) is 0. The number of hydrogen-bond donors (Lipinski definition) is 0. The van der Waals surface area contributed by atoms with Crippen LogP contribution in [0.4, 0.5) is 4.39 Å². The van der Waals surface area contributed by atoms with E-state index in [4.69, 9.17) is 0 Å². The van der Waals surface area contributed by atoms with Gasteiger partial charge in [-0.2, -0.15) is 5.10 Å². The van der Waals surface area contributed by atoms with E-state index in [9.17, 15) is 4.39 Å². The Hall–Kier alpha value is -1.12. The quantitative estimate of drug-likeness (QED) is 0.702. The number of allylic oxidation sites excluding steroid dienone is 3. The van der Waals surface area contributed by atoms with Gasteiger partial charge in [0.15, 0.2) is 0 Å². The van der Waals surface area contributed by atoms with Crippen LogP contribution in [-0.4, -0.2) is 24.3 Å². The highest BCUT2D eigenvalue weighted by Crippen LogP contribution is 2.19. The smallest absolute Gasteiger partial charge is 0.119 e. The van der Waals surface area contributed by atoms with Crippen molar-refractivity contribution in [1.82, 2.24) is 5.01 Å². The number of hydrazone groups is 1. The molecule has 0 aromatic carbocycles. The minimum absolute atomic E-state index is 0.102. The standard InChI is InChI=1S/C13H21FN2/c1-5-11-9-12(14)7-6-8-16(4)15-13(11)10(2)3/h6-7,9-11H,5,8H2,1-4H3/b7-6-,12-9+,15-13?. The van der Waals surface area contributed by atoms with E-state index in [1.54, 1.807) is 12.2 Å². The number of halogens is 1. The van der Waals surface area contributed by atoms with E-state index in [1.807, 2.05) is 12.1 Å². The molecule has 0 aromatic rings. The average Bonchev–Trinajstić information content (AvgIpc) is 2.28. The molecule has 1 rings (SSSR count). The third kappa shape index (κ3) is 3.47. The van der Waals surface area contributed by atoms with Crippen molar-refractivity contribution in [1.29, 1.82) is 0 Å². The average molecular weight is 224 g/mol. The zero-order chi connectivity index (χ0) is 12.1. The lowest BCUT2D eigenvalue weighted by molar-refractivity contribution is 0.388. The van der Waals surface area contributed by atoms with Gasteiger partial charge in [0.05, 0.1) is 6.54 Å². The van der Waals surface area contributed by atoms with Gasteiger partial charge in [-0.1, -0.05) is 26.8 Å². The Labute approximate surface area is 97.5 Å². The van der Waals surface area contributed by atoms with Crippen molar-refractivity contribution < 1.29 is 4.39 Å². The lowest BCUT2D eigenvalue weighted by atomic mass is 9.91. The molecular formula is C13H21FN2. The minimum Gasteiger partial charge on any atom is -0.296 e. The van der Waals surface area contributed by atoms with E-state index < -0.39 is 0 Å². The molecule has 1 aliphatic heterocycles. The minimum atomic E-state index is -0.157. The maximum Gasteiger partial charge on any atom is 0.119 e. The molecule has 1 unspecified atom stereocenters. The predicted molar refractivity (Wildman–Crippen MR) is 67.0 cm³/mol. The zero-order valence-electron chi connectivity index (χ0n) is 10.6. The number of nitrogens with zero attached hydrogens (tertiary/aromatic N) is 2. The second kappa shape index (κ2) is 5.83. The fraction of sp³-hybridized carbons (Fsp3) is 0.615. The number of rotatable bonds is 2. The molecule has 0 amide bonds. The van der Waals surface area contributed by atoms with E-state index in [1.165, 1.54) is 6.08 Å². The molecule has 1 aliphatic rings. The molecule has 1 heterocycles. The van der Waals surface area contributed by atoms with Gasteiger partial charge < -0.3 is 0 Å². The van der Waals surface area contributed by atoms with Crippen LogP contribution >= 0.6 is 0 Å². The molecule has 3 heteroatoms. The van der Waals surface area contributed by atoms with E-state index in [-0.39, 0.29) is 11.7 Å². The Morgan fingerprint density at radius 1 is 1.56 bits per heavy atom. The summed E-state index contributed by atoms with van der Waals surface area (Å²) < 4.78 is 13.5. The fourth-order valence-corrected chi connectivity index (χ4v) is 1.83. The molecule has 90 valence electrons. The van der Waals surface area contributed by atoms with E-state index in [0.29, 0.717) is 12.5 Å². The summed E-state index contributed by atoms with van der Waals surface area (Å²) in [6, 6.07) is 0. The van der Waals surface area contributed by atoms with Crippen LogP contribution in [0.1, 0.15) is 27.2 Å². The SMILES string of the molecule is CCC1/C=C(F)\C=C/CN(C)N=C1C(C)C. The van der Waals surface area contributed by atoms with Crippen molar-refractivity contribution in [3.8, 4) is 0 Å². The van der Waals surface area contributed by atoms with Gasteiger partial charge in [0.1, 0.15) is 5.83 Å². The lowest BCUT2D eigenvalue weighted by Crippen LogP contribution is -2.23. The Balaban J connectivity index is 3.08. The molecule has 2 nitrogen and oxygen atoms in total. The summed E-state index contributed by atoms with van der Waals surface area (Å²) in [5, 5.41) is 6.43. The highest BCUT2D eigenvalue weighted by molar-refractivity contribution is 5.89. The predicted octanol–water partition coefficient (Wildman–Crippen LogP) is 3.38. The first-order chi connectivity index (χ1) is 7.54. The zero-order valence-corrected chi connectivity index (χ0v) is 10.6. The molecule has 0 spiro atoms. The molecule has 0 aromatic heterocycles. The third-order valence-electron chi connectivity index (χ3n) is 2.70. The molecule has 16 heavy (non-hydrogen) atoms. The molecule has 0 radical (unpaired) electrons. The first-order valence-electron chi connectivity index (χ1n) is 5.88. The van der Waals surface area contributed by atoms with Crippen LogP contribution in [0.15, 0.2) is 29.2 Å². The molecule has 0 saturated carbocycles.